The number of rotatable bonds is 7. The number of ether oxygens (including phenoxy) is 1. The maximum absolute atomic E-state index is 11.6. The minimum atomic E-state index is -0.553. The summed E-state index contributed by atoms with van der Waals surface area (Å²) < 4.78 is 5.60. The van der Waals surface area contributed by atoms with Crippen LogP contribution in [0.15, 0.2) is 29.6 Å². The van der Waals surface area contributed by atoms with Crippen LogP contribution in [0.25, 0.3) is 0 Å². The second-order valence-corrected chi connectivity index (χ2v) is 6.18. The van der Waals surface area contributed by atoms with Gasteiger partial charge in [-0.1, -0.05) is 11.6 Å². The first-order valence-electron chi connectivity index (χ1n) is 6.79. The Hall–Kier alpha value is -1.63. The molecule has 2 rings (SSSR count). The predicted molar refractivity (Wildman–Crippen MR) is 86.3 cm³/mol. The Balaban J connectivity index is 1.81. The van der Waals surface area contributed by atoms with Crippen molar-refractivity contribution in [2.75, 3.05) is 6.54 Å². The lowest BCUT2D eigenvalue weighted by atomic mass is 10.3. The van der Waals surface area contributed by atoms with Gasteiger partial charge in [0.25, 0.3) is 0 Å². The minimum Gasteiger partial charge on any atom is -0.486 e. The Morgan fingerprint density at radius 2 is 2.18 bits per heavy atom. The van der Waals surface area contributed by atoms with Crippen LogP contribution in [0.3, 0.4) is 0 Å². The Bertz CT molecular complexity index is 614. The number of amides is 1. The molecule has 2 N–H and O–H groups in total. The monoisotopic (exact) mass is 340 g/mol. The normalized spacial score (nSPS) is 12.0. The van der Waals surface area contributed by atoms with Crippen molar-refractivity contribution in [3.63, 3.8) is 0 Å². The number of nitrogens with one attached hydrogen (secondary N) is 1. The first kappa shape index (κ1) is 16.7. The molecule has 0 fully saturated rings. The van der Waals surface area contributed by atoms with E-state index in [2.05, 4.69) is 10.3 Å². The van der Waals surface area contributed by atoms with Gasteiger partial charge < -0.3 is 15.2 Å². The summed E-state index contributed by atoms with van der Waals surface area (Å²) in [4.78, 5) is 16.0. The van der Waals surface area contributed by atoms with Gasteiger partial charge in [0.2, 0.25) is 5.91 Å². The van der Waals surface area contributed by atoms with Crippen molar-refractivity contribution >= 4 is 28.8 Å². The molecule has 0 spiro atoms. The molecular formula is C15H17ClN2O3S. The van der Waals surface area contributed by atoms with E-state index in [1.807, 2.05) is 5.38 Å². The highest BCUT2D eigenvalue weighted by Crippen LogP contribution is 2.18. The van der Waals surface area contributed by atoms with E-state index in [0.717, 1.165) is 10.8 Å². The quantitative estimate of drug-likeness (QED) is 0.812. The van der Waals surface area contributed by atoms with Crippen molar-refractivity contribution in [2.24, 2.45) is 0 Å². The minimum absolute atomic E-state index is 0.156. The molecule has 1 heterocycles. The van der Waals surface area contributed by atoms with E-state index in [-0.39, 0.29) is 18.9 Å². The highest BCUT2D eigenvalue weighted by atomic mass is 35.5. The number of hydrogen-bond acceptors (Lipinski definition) is 5. The summed E-state index contributed by atoms with van der Waals surface area (Å²) in [7, 11) is 0. The molecule has 22 heavy (non-hydrogen) atoms. The third-order valence-electron chi connectivity index (χ3n) is 2.71. The molecule has 118 valence electrons. The molecule has 1 unspecified atom stereocenters. The summed E-state index contributed by atoms with van der Waals surface area (Å²) in [6.45, 7) is 2.21. The standard InChI is InChI=1S/C15H17ClN2O3S/c1-10(19)7-17-14(20)6-12-9-22-15(18-12)8-21-13-4-2-11(16)3-5-13/h2-5,9-10,19H,6-8H2,1H3,(H,17,20). The molecule has 0 aliphatic rings. The number of carbonyl (C=O) groups excluding carboxylic acids is 1. The van der Waals surface area contributed by atoms with Crippen molar-refractivity contribution in [3.8, 4) is 5.75 Å². The van der Waals surface area contributed by atoms with Crippen LogP contribution < -0.4 is 10.1 Å². The third kappa shape index (κ3) is 5.63. The molecule has 1 aromatic carbocycles. The van der Waals surface area contributed by atoms with E-state index in [9.17, 15) is 4.79 Å². The zero-order valence-electron chi connectivity index (χ0n) is 12.1. The number of nitrogens with zero attached hydrogens (tertiary/aromatic N) is 1. The second-order valence-electron chi connectivity index (χ2n) is 4.81. The van der Waals surface area contributed by atoms with E-state index in [0.29, 0.717) is 17.3 Å². The molecular weight excluding hydrogens is 324 g/mol. The number of thiazole rings is 1. The van der Waals surface area contributed by atoms with Crippen LogP contribution in [0.1, 0.15) is 17.6 Å². The van der Waals surface area contributed by atoms with E-state index in [1.165, 1.54) is 11.3 Å². The van der Waals surface area contributed by atoms with Gasteiger partial charge in [-0.3, -0.25) is 4.79 Å². The average molecular weight is 341 g/mol. The predicted octanol–water partition coefficient (Wildman–Crippen LogP) is 2.42. The van der Waals surface area contributed by atoms with Gasteiger partial charge >= 0.3 is 0 Å². The maximum Gasteiger partial charge on any atom is 0.226 e. The zero-order valence-corrected chi connectivity index (χ0v) is 13.7. The van der Waals surface area contributed by atoms with Crippen LogP contribution in [0, 0.1) is 0 Å². The molecule has 1 atom stereocenters. The molecule has 0 radical (unpaired) electrons. The van der Waals surface area contributed by atoms with Crippen LogP contribution in [0.4, 0.5) is 0 Å². The summed E-state index contributed by atoms with van der Waals surface area (Å²) in [5.74, 6) is 0.562. The molecule has 0 saturated carbocycles. The van der Waals surface area contributed by atoms with E-state index in [1.54, 1.807) is 31.2 Å². The smallest absolute Gasteiger partial charge is 0.226 e. The lowest BCUT2D eigenvalue weighted by Crippen LogP contribution is -2.31. The first-order valence-corrected chi connectivity index (χ1v) is 8.05. The fraction of sp³-hybridized carbons (Fsp3) is 0.333. The van der Waals surface area contributed by atoms with Gasteiger partial charge in [0.15, 0.2) is 0 Å². The second kappa shape index (κ2) is 8.12. The number of hydrogen-bond donors (Lipinski definition) is 2. The van der Waals surface area contributed by atoms with Crippen molar-refractivity contribution in [3.05, 3.63) is 45.4 Å². The van der Waals surface area contributed by atoms with Crippen molar-refractivity contribution in [1.29, 1.82) is 0 Å². The van der Waals surface area contributed by atoms with Crippen molar-refractivity contribution in [1.82, 2.24) is 10.3 Å². The van der Waals surface area contributed by atoms with Gasteiger partial charge in [0.1, 0.15) is 17.4 Å². The van der Waals surface area contributed by atoms with Crippen molar-refractivity contribution in [2.45, 2.75) is 26.1 Å². The molecule has 1 aromatic heterocycles. The number of aromatic nitrogens is 1. The Kier molecular flexibility index (Phi) is 6.18. The molecule has 0 bridgehead atoms. The van der Waals surface area contributed by atoms with Crippen LogP contribution >= 0.6 is 22.9 Å². The highest BCUT2D eigenvalue weighted by Gasteiger charge is 2.09. The number of benzene rings is 1. The largest absolute Gasteiger partial charge is 0.486 e. The van der Waals surface area contributed by atoms with Crippen LogP contribution in [0.5, 0.6) is 5.75 Å². The molecule has 0 saturated heterocycles. The molecule has 2 aromatic rings. The molecule has 0 aliphatic heterocycles. The van der Waals surface area contributed by atoms with Gasteiger partial charge in [-0.15, -0.1) is 11.3 Å². The lowest BCUT2D eigenvalue weighted by molar-refractivity contribution is -0.120. The van der Waals surface area contributed by atoms with Gasteiger partial charge in [0, 0.05) is 16.9 Å². The average Bonchev–Trinajstić information content (AvgIpc) is 2.92. The van der Waals surface area contributed by atoms with Crippen LogP contribution in [-0.4, -0.2) is 28.6 Å². The van der Waals surface area contributed by atoms with E-state index >= 15 is 0 Å². The number of aliphatic hydroxyl groups is 1. The third-order valence-corrected chi connectivity index (χ3v) is 3.83. The number of carbonyl (C=O) groups is 1. The van der Waals surface area contributed by atoms with Gasteiger partial charge in [-0.25, -0.2) is 4.98 Å². The lowest BCUT2D eigenvalue weighted by Gasteiger charge is -2.05. The molecule has 1 amide bonds. The molecule has 5 nitrogen and oxygen atoms in total. The number of aliphatic hydroxyl groups excluding tert-OH is 1. The highest BCUT2D eigenvalue weighted by molar-refractivity contribution is 7.09. The van der Waals surface area contributed by atoms with E-state index in [4.69, 9.17) is 21.4 Å². The molecule has 7 heteroatoms. The Morgan fingerprint density at radius 3 is 2.86 bits per heavy atom. The first-order chi connectivity index (χ1) is 10.5. The fourth-order valence-corrected chi connectivity index (χ4v) is 2.49. The summed E-state index contributed by atoms with van der Waals surface area (Å²) >= 11 is 7.25. The number of halogens is 1. The maximum atomic E-state index is 11.6. The zero-order chi connectivity index (χ0) is 15.9. The van der Waals surface area contributed by atoms with E-state index < -0.39 is 6.10 Å². The molecule has 0 aliphatic carbocycles. The van der Waals surface area contributed by atoms with Crippen molar-refractivity contribution < 1.29 is 14.6 Å². The summed E-state index contributed by atoms with van der Waals surface area (Å²) in [5, 5.41) is 15.0. The van der Waals surface area contributed by atoms with Gasteiger partial charge in [-0.2, -0.15) is 0 Å². The SMILES string of the molecule is CC(O)CNC(=O)Cc1csc(COc2ccc(Cl)cc2)n1. The van der Waals surface area contributed by atoms with Crippen LogP contribution in [0.2, 0.25) is 5.02 Å². The Morgan fingerprint density at radius 1 is 1.45 bits per heavy atom. The summed E-state index contributed by atoms with van der Waals surface area (Å²) in [6.07, 6.45) is -0.354. The fourth-order valence-electron chi connectivity index (χ4n) is 1.66. The Labute approximate surface area is 137 Å². The van der Waals surface area contributed by atoms with Gasteiger partial charge in [-0.05, 0) is 31.2 Å². The topological polar surface area (TPSA) is 71.5 Å². The summed E-state index contributed by atoms with van der Waals surface area (Å²) in [5.41, 5.74) is 0.697. The van der Waals surface area contributed by atoms with Crippen LogP contribution in [-0.2, 0) is 17.8 Å². The van der Waals surface area contributed by atoms with Gasteiger partial charge in [0.05, 0.1) is 18.2 Å². The summed E-state index contributed by atoms with van der Waals surface area (Å²) in [6, 6.07) is 7.11.